The van der Waals surface area contributed by atoms with Gasteiger partial charge in [0.1, 0.15) is 18.0 Å². The van der Waals surface area contributed by atoms with Crippen LogP contribution < -0.4 is 20.7 Å². The van der Waals surface area contributed by atoms with Gasteiger partial charge in [0, 0.05) is 19.1 Å². The first kappa shape index (κ1) is 18.9. The van der Waals surface area contributed by atoms with Crippen molar-refractivity contribution in [3.63, 3.8) is 0 Å². The molecular formula is C19H29N3O4. The highest BCUT2D eigenvalue weighted by molar-refractivity contribution is 5.67. The molecular weight excluding hydrogens is 334 g/mol. The van der Waals surface area contributed by atoms with E-state index in [0.717, 1.165) is 30.7 Å². The van der Waals surface area contributed by atoms with Crippen molar-refractivity contribution in [2.45, 2.75) is 50.0 Å². The highest BCUT2D eigenvalue weighted by atomic mass is 16.6. The second-order valence-corrected chi connectivity index (χ2v) is 7.01. The van der Waals surface area contributed by atoms with Crippen LogP contribution in [0.5, 0.6) is 5.75 Å². The molecule has 4 atom stereocenters. The van der Waals surface area contributed by atoms with Crippen LogP contribution in [0.1, 0.15) is 24.8 Å². The van der Waals surface area contributed by atoms with Crippen molar-refractivity contribution < 1.29 is 19.4 Å². The number of amides is 1. The number of hydrogen-bond acceptors (Lipinski definition) is 6. The first-order valence-corrected chi connectivity index (χ1v) is 9.38. The molecule has 2 aliphatic rings. The Labute approximate surface area is 154 Å². The van der Waals surface area contributed by atoms with Crippen LogP contribution >= 0.6 is 0 Å². The number of benzene rings is 1. The van der Waals surface area contributed by atoms with Gasteiger partial charge in [0.15, 0.2) is 0 Å². The van der Waals surface area contributed by atoms with Crippen LogP contribution in [0.4, 0.5) is 4.79 Å². The molecule has 3 rings (SSSR count). The zero-order valence-corrected chi connectivity index (χ0v) is 15.2. The van der Waals surface area contributed by atoms with E-state index in [1.807, 2.05) is 24.3 Å². The predicted octanol–water partition coefficient (Wildman–Crippen LogP) is 0.807. The Morgan fingerprint density at radius 3 is 2.81 bits per heavy atom. The molecule has 7 nitrogen and oxygen atoms in total. The van der Waals surface area contributed by atoms with Gasteiger partial charge in [0.25, 0.3) is 0 Å². The van der Waals surface area contributed by atoms with Crippen LogP contribution in [0.3, 0.4) is 0 Å². The smallest absolute Gasteiger partial charge is 0.407 e. The fourth-order valence-corrected chi connectivity index (χ4v) is 3.65. The lowest BCUT2D eigenvalue weighted by Gasteiger charge is -2.22. The van der Waals surface area contributed by atoms with Crippen LogP contribution in [0.2, 0.25) is 0 Å². The summed E-state index contributed by atoms with van der Waals surface area (Å²) in [5.74, 6) is 0.803. The van der Waals surface area contributed by atoms with Crippen molar-refractivity contribution >= 4 is 6.09 Å². The average molecular weight is 363 g/mol. The summed E-state index contributed by atoms with van der Waals surface area (Å²) < 4.78 is 10.7. The zero-order valence-electron chi connectivity index (χ0n) is 15.2. The first-order valence-electron chi connectivity index (χ1n) is 9.38. The molecule has 7 heteroatoms. The maximum Gasteiger partial charge on any atom is 0.407 e. The molecule has 144 valence electrons. The number of carbonyl (C=O) groups excluding carboxylic acids is 1. The van der Waals surface area contributed by atoms with E-state index in [1.165, 1.54) is 6.42 Å². The van der Waals surface area contributed by atoms with Gasteiger partial charge in [-0.1, -0.05) is 12.1 Å². The van der Waals surface area contributed by atoms with Gasteiger partial charge < -0.3 is 30.5 Å². The monoisotopic (exact) mass is 363 g/mol. The minimum absolute atomic E-state index is 0.111. The van der Waals surface area contributed by atoms with Crippen LogP contribution in [0, 0.1) is 0 Å². The lowest BCUT2D eigenvalue weighted by molar-refractivity contribution is 0.0189. The van der Waals surface area contributed by atoms with Crippen molar-refractivity contribution in [2.24, 2.45) is 0 Å². The van der Waals surface area contributed by atoms with Gasteiger partial charge in [-0.3, -0.25) is 0 Å². The van der Waals surface area contributed by atoms with Crippen LogP contribution in [-0.2, 0) is 11.2 Å². The van der Waals surface area contributed by atoms with Gasteiger partial charge >= 0.3 is 6.09 Å². The third-order valence-electron chi connectivity index (χ3n) is 5.15. The SMILES string of the molecule is COc1ccc(C[C@H]2NC[C@H](O)[C@H]2OC(=O)NCC[C@@H]2CCCN2)cc1. The Morgan fingerprint density at radius 1 is 1.31 bits per heavy atom. The van der Waals surface area contributed by atoms with E-state index < -0.39 is 18.3 Å². The second-order valence-electron chi connectivity index (χ2n) is 7.01. The fraction of sp³-hybridized carbons (Fsp3) is 0.632. The maximum absolute atomic E-state index is 12.1. The van der Waals surface area contributed by atoms with E-state index in [1.54, 1.807) is 7.11 Å². The van der Waals surface area contributed by atoms with E-state index in [2.05, 4.69) is 16.0 Å². The van der Waals surface area contributed by atoms with E-state index in [4.69, 9.17) is 9.47 Å². The molecule has 1 aromatic carbocycles. The van der Waals surface area contributed by atoms with Crippen LogP contribution in [0.25, 0.3) is 0 Å². The number of carbonyl (C=O) groups is 1. The van der Waals surface area contributed by atoms with Gasteiger partial charge in [-0.05, 0) is 49.9 Å². The predicted molar refractivity (Wildman–Crippen MR) is 98.4 cm³/mol. The number of nitrogens with one attached hydrogen (secondary N) is 3. The number of β-amino-alcohol motifs (C(OH)–C–C–N with tert-alkyl or cyclic N) is 1. The molecule has 2 aliphatic heterocycles. The van der Waals surface area contributed by atoms with Gasteiger partial charge in [-0.25, -0.2) is 4.79 Å². The first-order chi connectivity index (χ1) is 12.7. The zero-order chi connectivity index (χ0) is 18.4. The minimum atomic E-state index is -0.694. The summed E-state index contributed by atoms with van der Waals surface area (Å²) in [5.41, 5.74) is 1.10. The molecule has 1 aromatic rings. The molecule has 0 radical (unpaired) electrons. The molecule has 26 heavy (non-hydrogen) atoms. The maximum atomic E-state index is 12.1. The van der Waals surface area contributed by atoms with Crippen molar-refractivity contribution in [1.29, 1.82) is 0 Å². The van der Waals surface area contributed by atoms with Crippen molar-refractivity contribution in [3.05, 3.63) is 29.8 Å². The number of hydrogen-bond donors (Lipinski definition) is 4. The number of rotatable bonds is 7. The molecule has 0 saturated carbocycles. The van der Waals surface area contributed by atoms with E-state index in [9.17, 15) is 9.90 Å². The number of methoxy groups -OCH3 is 1. The van der Waals surface area contributed by atoms with E-state index in [0.29, 0.717) is 25.6 Å². The summed E-state index contributed by atoms with van der Waals surface area (Å²) in [4.78, 5) is 12.1. The third-order valence-corrected chi connectivity index (χ3v) is 5.15. The topological polar surface area (TPSA) is 91.8 Å². The molecule has 0 aliphatic carbocycles. The van der Waals surface area contributed by atoms with Gasteiger partial charge in [0.2, 0.25) is 0 Å². The second kappa shape index (κ2) is 9.21. The van der Waals surface area contributed by atoms with Crippen LogP contribution in [-0.4, -0.2) is 62.2 Å². The van der Waals surface area contributed by atoms with E-state index >= 15 is 0 Å². The lowest BCUT2D eigenvalue weighted by Crippen LogP contribution is -2.42. The highest BCUT2D eigenvalue weighted by Crippen LogP contribution is 2.19. The third kappa shape index (κ3) is 5.09. The standard InChI is InChI=1S/C19H29N3O4/c1-25-15-6-4-13(5-7-15)11-16-18(17(23)12-22-16)26-19(24)21-10-8-14-3-2-9-20-14/h4-7,14,16-18,20,22-23H,2-3,8-12H2,1H3,(H,21,24)/t14-,16+,17-,18-/m0/s1. The summed E-state index contributed by atoms with van der Waals surface area (Å²) in [7, 11) is 1.63. The van der Waals surface area contributed by atoms with Crippen molar-refractivity contribution in [2.75, 3.05) is 26.7 Å². The number of aliphatic hydroxyl groups excluding tert-OH is 1. The highest BCUT2D eigenvalue weighted by Gasteiger charge is 2.37. The quantitative estimate of drug-likeness (QED) is 0.573. The molecule has 1 amide bonds. The number of alkyl carbamates (subject to hydrolysis) is 1. The minimum Gasteiger partial charge on any atom is -0.497 e. The summed E-state index contributed by atoms with van der Waals surface area (Å²) >= 11 is 0. The Hall–Kier alpha value is -1.83. The number of ether oxygens (including phenoxy) is 2. The van der Waals surface area contributed by atoms with Crippen molar-refractivity contribution in [1.82, 2.24) is 16.0 Å². The van der Waals surface area contributed by atoms with Crippen LogP contribution in [0.15, 0.2) is 24.3 Å². The Kier molecular flexibility index (Phi) is 6.71. The average Bonchev–Trinajstić information content (AvgIpc) is 3.28. The Balaban J connectivity index is 1.46. The molecule has 2 fully saturated rings. The fourth-order valence-electron chi connectivity index (χ4n) is 3.65. The molecule has 4 N–H and O–H groups in total. The molecule has 2 saturated heterocycles. The molecule has 0 unspecified atom stereocenters. The lowest BCUT2D eigenvalue weighted by atomic mass is 10.0. The summed E-state index contributed by atoms with van der Waals surface area (Å²) in [6.07, 6.45) is 2.21. The molecule has 2 heterocycles. The molecule has 0 bridgehead atoms. The summed E-state index contributed by atoms with van der Waals surface area (Å²) in [5, 5.41) is 19.6. The van der Waals surface area contributed by atoms with Gasteiger partial charge in [-0.15, -0.1) is 0 Å². The normalized spacial score (nSPS) is 28.1. The molecule has 0 aromatic heterocycles. The molecule has 0 spiro atoms. The Morgan fingerprint density at radius 2 is 2.12 bits per heavy atom. The Bertz CT molecular complexity index is 575. The largest absolute Gasteiger partial charge is 0.497 e. The summed E-state index contributed by atoms with van der Waals surface area (Å²) in [6.45, 7) is 2.06. The summed E-state index contributed by atoms with van der Waals surface area (Å²) in [6, 6.07) is 8.15. The number of aliphatic hydroxyl groups is 1. The van der Waals surface area contributed by atoms with E-state index in [-0.39, 0.29) is 6.04 Å². The van der Waals surface area contributed by atoms with Gasteiger partial charge in [0.05, 0.1) is 13.2 Å². The van der Waals surface area contributed by atoms with Gasteiger partial charge in [-0.2, -0.15) is 0 Å². The van der Waals surface area contributed by atoms with Crippen molar-refractivity contribution in [3.8, 4) is 5.75 Å².